The van der Waals surface area contributed by atoms with Gasteiger partial charge in [0.25, 0.3) is 0 Å². The van der Waals surface area contributed by atoms with Crippen molar-refractivity contribution in [3.05, 3.63) is 60.4 Å². The first kappa shape index (κ1) is 13.6. The van der Waals surface area contributed by atoms with Crippen molar-refractivity contribution in [1.82, 2.24) is 0 Å². The van der Waals surface area contributed by atoms with E-state index in [1.165, 1.54) is 23.7 Å². The second-order valence-corrected chi connectivity index (χ2v) is 10.2. The molecule has 90 valence electrons. The molecule has 0 aromatic heterocycles. The zero-order chi connectivity index (χ0) is 12.8. The van der Waals surface area contributed by atoms with Crippen LogP contribution in [0.25, 0.3) is 0 Å². The largest absolute Gasteiger partial charge is 0.0685 e. The molecule has 0 nitrogen and oxygen atoms in total. The molecule has 17 heavy (non-hydrogen) atoms. The van der Waals surface area contributed by atoms with E-state index >= 15 is 0 Å². The third-order valence-corrected chi connectivity index (χ3v) is 7.60. The Hall–Kier alpha value is 0.217. The van der Waals surface area contributed by atoms with E-state index < -0.39 is 8.07 Å². The summed E-state index contributed by atoms with van der Waals surface area (Å²) in [5, 5.41) is 0. The average Bonchev–Trinajstić information content (AvgIpc) is 2.70. The standard InChI is InChI=1S/C16H22Si/c1-11-7-13(3)15(9-11)17(5,6)16-10-12(2)8-14(16)4/h7-10H,1-6H3. The van der Waals surface area contributed by atoms with E-state index in [1.807, 2.05) is 0 Å². The minimum absolute atomic E-state index is 1.40. The van der Waals surface area contributed by atoms with E-state index in [0.717, 1.165) is 0 Å². The maximum absolute atomic E-state index is 2.47. The zero-order valence-corrected chi connectivity index (χ0v) is 12.8. The van der Waals surface area contributed by atoms with Gasteiger partial charge >= 0.3 is 0 Å². The van der Waals surface area contributed by atoms with E-state index in [2.05, 4.69) is 66.5 Å². The Balaban J connectivity index is 2.12. The van der Waals surface area contributed by atoms with Crippen molar-refractivity contribution < 1.29 is 0 Å². The van der Waals surface area contributed by atoms with Crippen molar-refractivity contribution >= 4 is 8.07 Å². The van der Waals surface area contributed by atoms with Crippen LogP contribution in [0.15, 0.2) is 0 Å². The van der Waals surface area contributed by atoms with Crippen molar-refractivity contribution in [2.75, 3.05) is 0 Å². The molecule has 0 spiro atoms. The van der Waals surface area contributed by atoms with Crippen molar-refractivity contribution in [3.8, 4) is 0 Å². The van der Waals surface area contributed by atoms with Gasteiger partial charge in [0.05, 0.1) is 8.07 Å². The zero-order valence-electron chi connectivity index (χ0n) is 11.8. The van der Waals surface area contributed by atoms with Gasteiger partial charge in [0, 0.05) is 0 Å². The molecule has 10 radical (unpaired) electrons. The van der Waals surface area contributed by atoms with E-state index in [0.29, 0.717) is 0 Å². The molecule has 0 aromatic rings. The molecule has 0 bridgehead atoms. The third kappa shape index (κ3) is 2.50. The molecule has 0 unspecified atom stereocenters. The summed E-state index contributed by atoms with van der Waals surface area (Å²) < 4.78 is 0. The number of rotatable bonds is 2. The second kappa shape index (κ2) is 4.72. The minimum atomic E-state index is -1.50. The van der Waals surface area contributed by atoms with Crippen LogP contribution in [-0.4, -0.2) is 8.07 Å². The summed E-state index contributed by atoms with van der Waals surface area (Å²) in [6.45, 7) is 13.8. The monoisotopic (exact) mass is 242 g/mol. The van der Waals surface area contributed by atoms with Gasteiger partial charge in [-0.2, -0.15) is 0 Å². The maximum Gasteiger partial charge on any atom is 0.0626 e. The van der Waals surface area contributed by atoms with Crippen LogP contribution in [0.3, 0.4) is 0 Å². The van der Waals surface area contributed by atoms with E-state index in [4.69, 9.17) is 0 Å². The van der Waals surface area contributed by atoms with Gasteiger partial charge in [0.2, 0.25) is 0 Å². The molecule has 0 aliphatic heterocycles. The summed E-state index contributed by atoms with van der Waals surface area (Å²) >= 11 is 0. The van der Waals surface area contributed by atoms with E-state index in [-0.39, 0.29) is 0 Å². The van der Waals surface area contributed by atoms with Gasteiger partial charge in [-0.1, -0.05) is 40.8 Å². The molecule has 2 aliphatic rings. The van der Waals surface area contributed by atoms with Gasteiger partial charge in [0.1, 0.15) is 0 Å². The third-order valence-electron chi connectivity index (χ3n) is 3.83. The first-order valence-corrected chi connectivity index (χ1v) is 9.31. The quantitative estimate of drug-likeness (QED) is 0.638. The molecule has 2 saturated carbocycles. The smallest absolute Gasteiger partial charge is 0.0626 e. The van der Waals surface area contributed by atoms with Gasteiger partial charge in [-0.15, -0.1) is 0 Å². The molecule has 0 aromatic carbocycles. The highest BCUT2D eigenvalue weighted by atomic mass is 28.3. The Bertz CT molecular complexity index is 245. The van der Waals surface area contributed by atoms with Gasteiger partial charge in [-0.3, -0.25) is 0 Å². The lowest BCUT2D eigenvalue weighted by Crippen LogP contribution is -2.44. The lowest BCUT2D eigenvalue weighted by atomic mass is 10.1. The molecule has 2 fully saturated rings. The molecular weight excluding hydrogens is 220 g/mol. The Morgan fingerprint density at radius 1 is 0.647 bits per heavy atom. The summed E-state index contributed by atoms with van der Waals surface area (Å²) in [7, 11) is -1.50. The first-order chi connectivity index (χ1) is 7.82. The Kier molecular flexibility index (Phi) is 3.79. The normalized spacial score (nSPS) is 28.6. The predicted molar refractivity (Wildman–Crippen MR) is 76.8 cm³/mol. The molecule has 2 rings (SSSR count). The highest BCUT2D eigenvalue weighted by Crippen LogP contribution is 2.53. The summed E-state index contributed by atoms with van der Waals surface area (Å²) in [4.78, 5) is 0. The van der Waals surface area contributed by atoms with E-state index in [9.17, 15) is 0 Å². The highest BCUT2D eigenvalue weighted by Gasteiger charge is 2.50. The fourth-order valence-electron chi connectivity index (χ4n) is 3.10. The van der Waals surface area contributed by atoms with Crippen molar-refractivity contribution in [1.29, 1.82) is 0 Å². The van der Waals surface area contributed by atoms with Crippen LogP contribution in [-0.2, 0) is 0 Å². The van der Waals surface area contributed by atoms with Crippen molar-refractivity contribution in [2.45, 2.75) is 40.8 Å². The summed E-state index contributed by atoms with van der Waals surface area (Å²) in [5.74, 6) is 5.74. The van der Waals surface area contributed by atoms with Crippen molar-refractivity contribution in [3.63, 3.8) is 0 Å². The van der Waals surface area contributed by atoms with Gasteiger partial charge < -0.3 is 0 Å². The highest BCUT2D eigenvalue weighted by molar-refractivity contribution is 6.90. The lowest BCUT2D eigenvalue weighted by Gasteiger charge is -2.38. The van der Waals surface area contributed by atoms with Crippen LogP contribution in [0.1, 0.15) is 27.7 Å². The molecule has 0 atom stereocenters. The number of hydrogen-bond donors (Lipinski definition) is 0. The molecule has 2 aliphatic carbocycles. The van der Waals surface area contributed by atoms with Crippen LogP contribution in [0.4, 0.5) is 0 Å². The molecule has 0 saturated heterocycles. The molecule has 1 heteroatoms. The second-order valence-electron chi connectivity index (χ2n) is 5.88. The predicted octanol–water partition coefficient (Wildman–Crippen LogP) is 4.14. The Morgan fingerprint density at radius 2 is 1.00 bits per heavy atom. The van der Waals surface area contributed by atoms with Crippen LogP contribution in [0.2, 0.25) is 13.1 Å². The fourth-order valence-corrected chi connectivity index (χ4v) is 6.68. The number of hydrogen-bond acceptors (Lipinski definition) is 0. The summed E-state index contributed by atoms with van der Waals surface area (Å²) in [6.07, 6.45) is 9.41. The van der Waals surface area contributed by atoms with Crippen LogP contribution < -0.4 is 0 Å². The van der Waals surface area contributed by atoms with Crippen LogP contribution in [0.5, 0.6) is 0 Å². The van der Waals surface area contributed by atoms with Gasteiger partial charge in [-0.05, 0) is 60.4 Å². The SMILES string of the molecule is C[C]1[CH][C](C)[C]([Si](C)(C)[C]2[CH][C](C)[CH][C]2C)[CH]1. The van der Waals surface area contributed by atoms with Gasteiger partial charge in [-0.25, -0.2) is 0 Å². The average molecular weight is 242 g/mol. The maximum atomic E-state index is 2.47. The fraction of sp³-hybridized carbons (Fsp3) is 0.375. The van der Waals surface area contributed by atoms with E-state index in [1.54, 1.807) is 11.1 Å². The van der Waals surface area contributed by atoms with Crippen molar-refractivity contribution in [2.24, 2.45) is 0 Å². The minimum Gasteiger partial charge on any atom is -0.0685 e. The lowest BCUT2D eigenvalue weighted by molar-refractivity contribution is 1.11. The Morgan fingerprint density at radius 3 is 1.24 bits per heavy atom. The summed E-state index contributed by atoms with van der Waals surface area (Å²) in [6, 6.07) is 0. The molecular formula is C16H22Si. The van der Waals surface area contributed by atoms with Gasteiger partial charge in [0.15, 0.2) is 0 Å². The molecule has 0 N–H and O–H groups in total. The Labute approximate surface area is 110 Å². The molecule has 0 heterocycles. The summed E-state index contributed by atoms with van der Waals surface area (Å²) in [5.41, 5.74) is 3.20. The topological polar surface area (TPSA) is 0 Å². The molecule has 0 amide bonds. The first-order valence-electron chi connectivity index (χ1n) is 6.31. The van der Waals surface area contributed by atoms with Crippen LogP contribution >= 0.6 is 0 Å². The van der Waals surface area contributed by atoms with Crippen LogP contribution in [0, 0.1) is 60.4 Å².